The summed E-state index contributed by atoms with van der Waals surface area (Å²) in [4.78, 5) is 2.74. The van der Waals surface area contributed by atoms with Crippen molar-refractivity contribution in [2.45, 2.75) is 19.4 Å². The predicted molar refractivity (Wildman–Crippen MR) is 94.9 cm³/mol. The highest BCUT2D eigenvalue weighted by Crippen LogP contribution is 2.31. The SMILES string of the molecule is Cc1c(Cl)cccc1NC(Cc1cccs1)c1cccs1. The van der Waals surface area contributed by atoms with E-state index >= 15 is 0 Å². The Balaban J connectivity index is 1.87. The van der Waals surface area contributed by atoms with Crippen molar-refractivity contribution < 1.29 is 0 Å². The molecule has 3 rings (SSSR count). The lowest BCUT2D eigenvalue weighted by Crippen LogP contribution is -2.12. The number of hydrogen-bond acceptors (Lipinski definition) is 3. The van der Waals surface area contributed by atoms with Gasteiger partial charge in [-0.2, -0.15) is 0 Å². The molecule has 1 atom stereocenters. The molecule has 0 aliphatic carbocycles. The number of thiophene rings is 2. The van der Waals surface area contributed by atoms with Gasteiger partial charge in [0.25, 0.3) is 0 Å². The minimum Gasteiger partial charge on any atom is -0.377 e. The topological polar surface area (TPSA) is 12.0 Å². The molecule has 0 aliphatic heterocycles. The van der Waals surface area contributed by atoms with Crippen LogP contribution in [0.1, 0.15) is 21.4 Å². The van der Waals surface area contributed by atoms with Gasteiger partial charge in [0.15, 0.2) is 0 Å². The summed E-state index contributed by atoms with van der Waals surface area (Å²) in [5, 5.41) is 8.73. The Morgan fingerprint density at radius 2 is 1.86 bits per heavy atom. The molecule has 0 saturated heterocycles. The number of nitrogens with one attached hydrogen (secondary N) is 1. The average molecular weight is 334 g/mol. The highest BCUT2D eigenvalue weighted by molar-refractivity contribution is 7.10. The van der Waals surface area contributed by atoms with Crippen LogP contribution in [-0.2, 0) is 6.42 Å². The Bertz CT molecular complexity index is 690. The van der Waals surface area contributed by atoms with Gasteiger partial charge in [-0.05, 0) is 47.5 Å². The first-order valence-corrected chi connectivity index (χ1v) is 8.95. The summed E-state index contributed by atoms with van der Waals surface area (Å²) in [6, 6.07) is 14.9. The maximum Gasteiger partial charge on any atom is 0.0654 e. The van der Waals surface area contributed by atoms with Gasteiger partial charge in [-0.3, -0.25) is 0 Å². The summed E-state index contributed by atoms with van der Waals surface area (Å²) in [7, 11) is 0. The number of halogens is 1. The summed E-state index contributed by atoms with van der Waals surface area (Å²) >= 11 is 9.83. The van der Waals surface area contributed by atoms with E-state index in [1.165, 1.54) is 9.75 Å². The molecule has 2 heterocycles. The van der Waals surface area contributed by atoms with E-state index in [-0.39, 0.29) is 6.04 Å². The van der Waals surface area contributed by atoms with Crippen molar-refractivity contribution in [1.29, 1.82) is 0 Å². The molecular weight excluding hydrogens is 318 g/mol. The minimum atomic E-state index is 0.279. The first kappa shape index (κ1) is 14.6. The quantitative estimate of drug-likeness (QED) is 0.589. The standard InChI is InChI=1S/C17H16ClNS2/c1-12-14(18)6-2-7-15(12)19-16(17-8-4-10-21-17)11-13-5-3-9-20-13/h2-10,16,19H,11H2,1H3. The van der Waals surface area contributed by atoms with Gasteiger partial charge in [-0.25, -0.2) is 0 Å². The van der Waals surface area contributed by atoms with Crippen LogP contribution in [0.25, 0.3) is 0 Å². The molecule has 1 nitrogen and oxygen atoms in total. The molecule has 0 aliphatic rings. The Morgan fingerprint density at radius 3 is 2.57 bits per heavy atom. The maximum absolute atomic E-state index is 6.23. The lowest BCUT2D eigenvalue weighted by atomic mass is 10.1. The highest BCUT2D eigenvalue weighted by atomic mass is 35.5. The van der Waals surface area contributed by atoms with Crippen molar-refractivity contribution in [1.82, 2.24) is 0 Å². The van der Waals surface area contributed by atoms with Crippen LogP contribution < -0.4 is 5.32 Å². The monoisotopic (exact) mass is 333 g/mol. The Hall–Kier alpha value is -1.29. The van der Waals surface area contributed by atoms with Crippen LogP contribution in [0, 0.1) is 6.92 Å². The molecule has 2 aromatic heterocycles. The van der Waals surface area contributed by atoms with E-state index in [0.29, 0.717) is 0 Å². The van der Waals surface area contributed by atoms with E-state index in [1.54, 1.807) is 22.7 Å². The molecule has 0 bridgehead atoms. The Kier molecular flexibility index (Phi) is 4.63. The van der Waals surface area contributed by atoms with Crippen molar-refractivity contribution >= 4 is 40.0 Å². The fraction of sp³-hybridized carbons (Fsp3) is 0.176. The van der Waals surface area contributed by atoms with Crippen molar-refractivity contribution in [3.63, 3.8) is 0 Å². The molecular formula is C17H16ClNS2. The van der Waals surface area contributed by atoms with E-state index in [2.05, 4.69) is 53.3 Å². The van der Waals surface area contributed by atoms with E-state index < -0.39 is 0 Å². The molecule has 0 fully saturated rings. The maximum atomic E-state index is 6.23. The number of hydrogen-bond donors (Lipinski definition) is 1. The van der Waals surface area contributed by atoms with Crippen LogP contribution in [0.4, 0.5) is 5.69 Å². The third kappa shape index (κ3) is 3.49. The molecule has 0 amide bonds. The molecule has 0 spiro atoms. The fourth-order valence-corrected chi connectivity index (χ4v) is 4.00. The summed E-state index contributed by atoms with van der Waals surface area (Å²) in [5.74, 6) is 0. The zero-order chi connectivity index (χ0) is 14.7. The fourth-order valence-electron chi connectivity index (χ4n) is 2.29. The van der Waals surface area contributed by atoms with Crippen molar-refractivity contribution in [2.24, 2.45) is 0 Å². The first-order chi connectivity index (χ1) is 10.2. The molecule has 108 valence electrons. The van der Waals surface area contributed by atoms with Crippen LogP contribution >= 0.6 is 34.3 Å². The van der Waals surface area contributed by atoms with Gasteiger partial charge in [0.1, 0.15) is 0 Å². The Labute approximate surface area is 138 Å². The van der Waals surface area contributed by atoms with Gasteiger partial charge in [-0.15, -0.1) is 22.7 Å². The third-order valence-corrected chi connectivity index (χ3v) is 5.76. The molecule has 4 heteroatoms. The van der Waals surface area contributed by atoms with Crippen LogP contribution in [0.2, 0.25) is 5.02 Å². The molecule has 0 radical (unpaired) electrons. The molecule has 1 aromatic carbocycles. The van der Waals surface area contributed by atoms with Gasteiger partial charge in [0.2, 0.25) is 0 Å². The van der Waals surface area contributed by atoms with Crippen LogP contribution in [0.5, 0.6) is 0 Å². The van der Waals surface area contributed by atoms with Crippen LogP contribution in [-0.4, -0.2) is 0 Å². The normalized spacial score (nSPS) is 12.3. The predicted octanol–water partition coefficient (Wildman–Crippen LogP) is 6.17. The van der Waals surface area contributed by atoms with Crippen molar-refractivity contribution in [2.75, 3.05) is 5.32 Å². The second-order valence-corrected chi connectivity index (χ2v) is 7.33. The average Bonchev–Trinajstić information content (AvgIpc) is 3.16. The second-order valence-electron chi connectivity index (χ2n) is 4.91. The van der Waals surface area contributed by atoms with Gasteiger partial charge < -0.3 is 5.32 Å². The number of rotatable bonds is 5. The van der Waals surface area contributed by atoms with Crippen molar-refractivity contribution in [3.8, 4) is 0 Å². The van der Waals surface area contributed by atoms with Crippen LogP contribution in [0.15, 0.2) is 53.2 Å². The Morgan fingerprint density at radius 1 is 1.05 bits per heavy atom. The number of benzene rings is 1. The largest absolute Gasteiger partial charge is 0.377 e. The van der Waals surface area contributed by atoms with E-state index in [4.69, 9.17) is 11.6 Å². The second kappa shape index (κ2) is 6.65. The molecule has 1 unspecified atom stereocenters. The third-order valence-electron chi connectivity index (χ3n) is 3.47. The molecule has 1 N–H and O–H groups in total. The van der Waals surface area contributed by atoms with E-state index in [1.807, 2.05) is 12.1 Å². The van der Waals surface area contributed by atoms with Gasteiger partial charge in [-0.1, -0.05) is 29.8 Å². The zero-order valence-corrected chi connectivity index (χ0v) is 14.1. The van der Waals surface area contributed by atoms with Gasteiger partial charge in [0, 0.05) is 26.9 Å². The summed E-state index contributed by atoms with van der Waals surface area (Å²) in [5.41, 5.74) is 2.21. The summed E-state index contributed by atoms with van der Waals surface area (Å²) in [6.07, 6.45) is 0.990. The molecule has 21 heavy (non-hydrogen) atoms. The summed E-state index contributed by atoms with van der Waals surface area (Å²) in [6.45, 7) is 2.06. The van der Waals surface area contributed by atoms with Crippen molar-refractivity contribution in [3.05, 3.63) is 73.6 Å². The zero-order valence-electron chi connectivity index (χ0n) is 11.7. The minimum absolute atomic E-state index is 0.279. The highest BCUT2D eigenvalue weighted by Gasteiger charge is 2.15. The van der Waals surface area contributed by atoms with E-state index in [9.17, 15) is 0 Å². The van der Waals surface area contributed by atoms with E-state index in [0.717, 1.165) is 22.7 Å². The number of anilines is 1. The van der Waals surface area contributed by atoms with Gasteiger partial charge in [0.05, 0.1) is 6.04 Å². The smallest absolute Gasteiger partial charge is 0.0654 e. The van der Waals surface area contributed by atoms with Gasteiger partial charge >= 0.3 is 0 Å². The van der Waals surface area contributed by atoms with Crippen LogP contribution in [0.3, 0.4) is 0 Å². The lowest BCUT2D eigenvalue weighted by molar-refractivity contribution is 0.801. The summed E-state index contributed by atoms with van der Waals surface area (Å²) < 4.78 is 0. The lowest BCUT2D eigenvalue weighted by Gasteiger charge is -2.20. The molecule has 3 aromatic rings. The first-order valence-electron chi connectivity index (χ1n) is 6.81. The molecule has 0 saturated carbocycles.